The highest BCUT2D eigenvalue weighted by Crippen LogP contribution is 2.34. The van der Waals surface area contributed by atoms with Crippen molar-refractivity contribution in [3.63, 3.8) is 0 Å². The quantitative estimate of drug-likeness (QED) is 0.328. The van der Waals surface area contributed by atoms with Crippen molar-refractivity contribution in [1.82, 2.24) is 0 Å². The van der Waals surface area contributed by atoms with Gasteiger partial charge in [0.15, 0.2) is 6.61 Å². The summed E-state index contributed by atoms with van der Waals surface area (Å²) in [6.45, 7) is -2.11. The molecule has 1 aromatic heterocycles. The van der Waals surface area contributed by atoms with Gasteiger partial charge in [-0.3, -0.25) is 4.79 Å². The number of carbonyl (C=O) groups is 4. The molecule has 9 nitrogen and oxygen atoms in total. The third-order valence-corrected chi connectivity index (χ3v) is 5.21. The highest BCUT2D eigenvalue weighted by atomic mass is 32.1. The fourth-order valence-corrected chi connectivity index (χ4v) is 3.64. The zero-order valence-electron chi connectivity index (χ0n) is 17.7. The zero-order valence-corrected chi connectivity index (χ0v) is 18.5. The molecule has 0 atom stereocenters. The van der Waals surface area contributed by atoms with Gasteiger partial charge in [0, 0.05) is 6.08 Å². The van der Waals surface area contributed by atoms with Crippen LogP contribution in [0.3, 0.4) is 0 Å². The van der Waals surface area contributed by atoms with E-state index in [2.05, 4.69) is 19.5 Å². The van der Waals surface area contributed by atoms with E-state index in [-0.39, 0.29) is 26.8 Å². The van der Waals surface area contributed by atoms with Gasteiger partial charge in [-0.05, 0) is 36.3 Å². The largest absolute Gasteiger partial charge is 0.465 e. The number of esters is 3. The number of nitrogens with one attached hydrogen (secondary N) is 1. The van der Waals surface area contributed by atoms with E-state index in [1.54, 1.807) is 0 Å². The number of methoxy groups -OCH3 is 2. The molecule has 0 saturated carbocycles. The summed E-state index contributed by atoms with van der Waals surface area (Å²) in [6.07, 6.45) is 2.40. The number of alkyl halides is 2. The van der Waals surface area contributed by atoms with Crippen LogP contribution >= 0.6 is 11.3 Å². The summed E-state index contributed by atoms with van der Waals surface area (Å²) in [5, 5.41) is 2.46. The standard InChI is InChI=1S/C21H19F2NO8S/c1-11-16(19(27)29-2)18(33-17(11)20(28)30-3)24-14(25)10-31-15(26)9-6-12-4-7-13(8-5-12)32-21(22)23/h4-9,21H,10H2,1-3H3,(H,24,25). The number of halogens is 2. The predicted molar refractivity (Wildman–Crippen MR) is 113 cm³/mol. The minimum atomic E-state index is -2.94. The molecule has 0 fully saturated rings. The normalized spacial score (nSPS) is 10.7. The maximum Gasteiger partial charge on any atom is 0.387 e. The number of hydrogen-bond acceptors (Lipinski definition) is 9. The maximum absolute atomic E-state index is 12.2. The second kappa shape index (κ2) is 11.7. The number of ether oxygens (including phenoxy) is 4. The first kappa shape index (κ1) is 25.5. The number of carbonyl (C=O) groups excluding carboxylic acids is 4. The molecule has 2 rings (SSSR count). The van der Waals surface area contributed by atoms with Crippen molar-refractivity contribution in [2.45, 2.75) is 13.5 Å². The lowest BCUT2D eigenvalue weighted by molar-refractivity contribution is -0.142. The molecule has 1 N–H and O–H groups in total. The highest BCUT2D eigenvalue weighted by Gasteiger charge is 2.26. The van der Waals surface area contributed by atoms with E-state index in [9.17, 15) is 28.0 Å². The van der Waals surface area contributed by atoms with Gasteiger partial charge in [-0.25, -0.2) is 14.4 Å². The van der Waals surface area contributed by atoms with Gasteiger partial charge in [0.2, 0.25) is 0 Å². The van der Waals surface area contributed by atoms with Crippen molar-refractivity contribution < 1.29 is 46.9 Å². The van der Waals surface area contributed by atoms with Crippen molar-refractivity contribution in [2.75, 3.05) is 26.1 Å². The summed E-state index contributed by atoms with van der Waals surface area (Å²) >= 11 is 0.818. The number of anilines is 1. The highest BCUT2D eigenvalue weighted by molar-refractivity contribution is 7.18. The Kier molecular flexibility index (Phi) is 9.04. The maximum atomic E-state index is 12.2. The molecule has 176 valence electrons. The molecule has 0 saturated heterocycles. The lowest BCUT2D eigenvalue weighted by Gasteiger charge is -2.06. The van der Waals surface area contributed by atoms with Crippen molar-refractivity contribution >= 4 is 46.2 Å². The number of rotatable bonds is 9. The third-order valence-electron chi connectivity index (χ3n) is 4.02. The number of hydrogen-bond donors (Lipinski definition) is 1. The van der Waals surface area contributed by atoms with Crippen LogP contribution < -0.4 is 10.1 Å². The topological polar surface area (TPSA) is 117 Å². The van der Waals surface area contributed by atoms with Crippen LogP contribution in [0.5, 0.6) is 5.75 Å². The minimum Gasteiger partial charge on any atom is -0.465 e. The molecule has 1 heterocycles. The Morgan fingerprint density at radius 3 is 2.27 bits per heavy atom. The average molecular weight is 483 g/mol. The summed E-state index contributed by atoms with van der Waals surface area (Å²) < 4.78 is 42.7. The monoisotopic (exact) mass is 483 g/mol. The van der Waals surface area contributed by atoms with E-state index in [0.717, 1.165) is 24.5 Å². The molecule has 0 bridgehead atoms. The van der Waals surface area contributed by atoms with Gasteiger partial charge in [0.25, 0.3) is 5.91 Å². The van der Waals surface area contributed by atoms with Crippen LogP contribution in [0.4, 0.5) is 13.8 Å². The minimum absolute atomic E-state index is 0.0123. The van der Waals surface area contributed by atoms with Gasteiger partial charge in [0.1, 0.15) is 15.6 Å². The molecule has 0 aliphatic carbocycles. The molecule has 0 aliphatic rings. The van der Waals surface area contributed by atoms with Gasteiger partial charge in [-0.15, -0.1) is 11.3 Å². The third kappa shape index (κ3) is 7.10. The van der Waals surface area contributed by atoms with E-state index < -0.39 is 37.0 Å². The number of amides is 1. The Morgan fingerprint density at radius 2 is 1.70 bits per heavy atom. The Bertz CT molecular complexity index is 1060. The SMILES string of the molecule is COC(=O)c1sc(NC(=O)COC(=O)C=Cc2ccc(OC(F)F)cc2)c(C(=O)OC)c1C. The van der Waals surface area contributed by atoms with E-state index >= 15 is 0 Å². The van der Waals surface area contributed by atoms with E-state index in [0.29, 0.717) is 5.56 Å². The Hall–Kier alpha value is -3.80. The fraction of sp³-hybridized carbons (Fsp3) is 0.238. The molecular formula is C21H19F2NO8S. The Balaban J connectivity index is 1.98. The lowest BCUT2D eigenvalue weighted by Crippen LogP contribution is -2.21. The van der Waals surface area contributed by atoms with Crippen molar-refractivity contribution in [3.05, 3.63) is 51.9 Å². The van der Waals surface area contributed by atoms with Crippen LogP contribution in [0, 0.1) is 6.92 Å². The first-order chi connectivity index (χ1) is 15.7. The second-order valence-corrected chi connectivity index (χ2v) is 7.20. The van der Waals surface area contributed by atoms with E-state index in [1.165, 1.54) is 44.4 Å². The van der Waals surface area contributed by atoms with Crippen LogP contribution in [0.1, 0.15) is 31.2 Å². The van der Waals surface area contributed by atoms with E-state index in [1.807, 2.05) is 0 Å². The van der Waals surface area contributed by atoms with Gasteiger partial charge in [-0.2, -0.15) is 8.78 Å². The van der Waals surface area contributed by atoms with Crippen LogP contribution in [-0.2, 0) is 23.8 Å². The smallest absolute Gasteiger partial charge is 0.387 e. The molecule has 33 heavy (non-hydrogen) atoms. The molecule has 2 aromatic rings. The van der Waals surface area contributed by atoms with Gasteiger partial charge in [0.05, 0.1) is 19.8 Å². The molecule has 0 radical (unpaired) electrons. The summed E-state index contributed by atoms with van der Waals surface area (Å²) in [5.74, 6) is -3.09. The molecule has 0 unspecified atom stereocenters. The summed E-state index contributed by atoms with van der Waals surface area (Å²) in [7, 11) is 2.33. The summed E-state index contributed by atoms with van der Waals surface area (Å²) in [4.78, 5) is 48.1. The van der Waals surface area contributed by atoms with E-state index in [4.69, 9.17) is 4.74 Å². The van der Waals surface area contributed by atoms with Crippen LogP contribution in [0.15, 0.2) is 30.3 Å². The van der Waals surface area contributed by atoms with Crippen LogP contribution in [0.2, 0.25) is 0 Å². The predicted octanol–water partition coefficient (Wildman–Crippen LogP) is 3.43. The number of thiophene rings is 1. The summed E-state index contributed by atoms with van der Waals surface area (Å²) in [5.41, 5.74) is 0.769. The molecular weight excluding hydrogens is 464 g/mol. The van der Waals surface area contributed by atoms with Crippen molar-refractivity contribution in [1.29, 1.82) is 0 Å². The van der Waals surface area contributed by atoms with Crippen molar-refractivity contribution in [3.8, 4) is 5.75 Å². The Labute approximate surface area is 190 Å². The average Bonchev–Trinajstić information content (AvgIpc) is 3.11. The Morgan fingerprint density at radius 1 is 1.06 bits per heavy atom. The van der Waals surface area contributed by atoms with Gasteiger partial charge >= 0.3 is 24.5 Å². The number of benzene rings is 1. The van der Waals surface area contributed by atoms with Gasteiger partial charge < -0.3 is 24.3 Å². The molecule has 0 aliphatic heterocycles. The van der Waals surface area contributed by atoms with Crippen LogP contribution in [0.25, 0.3) is 6.08 Å². The molecule has 1 aromatic carbocycles. The molecule has 0 spiro atoms. The first-order valence-corrected chi connectivity index (χ1v) is 9.97. The molecule has 12 heteroatoms. The molecule has 1 amide bonds. The lowest BCUT2D eigenvalue weighted by atomic mass is 10.1. The van der Waals surface area contributed by atoms with Gasteiger partial charge in [-0.1, -0.05) is 12.1 Å². The first-order valence-electron chi connectivity index (χ1n) is 9.15. The second-order valence-electron chi connectivity index (χ2n) is 6.18. The fourth-order valence-electron chi connectivity index (χ4n) is 2.51. The van der Waals surface area contributed by atoms with Crippen molar-refractivity contribution in [2.24, 2.45) is 0 Å². The summed E-state index contributed by atoms with van der Waals surface area (Å²) in [6, 6.07) is 5.49. The zero-order chi connectivity index (χ0) is 24.5. The van der Waals surface area contributed by atoms with Crippen LogP contribution in [-0.4, -0.2) is 51.3 Å².